The zero-order valence-corrected chi connectivity index (χ0v) is 17.3. The summed E-state index contributed by atoms with van der Waals surface area (Å²) in [5.74, 6) is 2.04. The highest BCUT2D eigenvalue weighted by Gasteiger charge is 2.34. The highest BCUT2D eigenvalue weighted by atomic mass is 16.3. The smallest absolute Gasteiger partial charge is 0.222 e. The van der Waals surface area contributed by atoms with Gasteiger partial charge in [0, 0.05) is 56.1 Å². The molecule has 2 atom stereocenters. The van der Waals surface area contributed by atoms with Gasteiger partial charge >= 0.3 is 0 Å². The molecule has 1 saturated heterocycles. The minimum atomic E-state index is -0.318. The van der Waals surface area contributed by atoms with E-state index in [0.717, 1.165) is 23.6 Å². The summed E-state index contributed by atoms with van der Waals surface area (Å²) >= 11 is 0. The van der Waals surface area contributed by atoms with Crippen LogP contribution in [0.25, 0.3) is 10.9 Å². The van der Waals surface area contributed by atoms with Gasteiger partial charge in [0.2, 0.25) is 5.91 Å². The number of β-amino-alcohol motifs (C(OH)–C–C–N with tert-alkyl or cyclic N) is 1. The Kier molecular flexibility index (Phi) is 5.04. The first-order valence-electron chi connectivity index (χ1n) is 10.7. The zero-order chi connectivity index (χ0) is 20.7. The molecule has 0 saturated carbocycles. The Bertz CT molecular complexity index is 1060. The largest absolute Gasteiger partial charge is 0.392 e. The molecule has 30 heavy (non-hydrogen) atoms. The number of carbonyl (C=O) groups is 1. The van der Waals surface area contributed by atoms with Gasteiger partial charge in [0.05, 0.1) is 12.1 Å². The Balaban J connectivity index is 1.24. The maximum absolute atomic E-state index is 12.9. The van der Waals surface area contributed by atoms with Crippen molar-refractivity contribution in [1.29, 1.82) is 0 Å². The number of carbonyl (C=O) groups excluding carboxylic acids is 1. The lowest BCUT2D eigenvalue weighted by molar-refractivity contribution is -0.131. The van der Waals surface area contributed by atoms with Crippen molar-refractivity contribution < 1.29 is 9.90 Å². The molecule has 0 unspecified atom stereocenters. The zero-order valence-electron chi connectivity index (χ0n) is 17.3. The normalized spacial score (nSPS) is 22.4. The lowest BCUT2D eigenvalue weighted by Crippen LogP contribution is -2.34. The average Bonchev–Trinajstić information content (AvgIpc) is 3.38. The van der Waals surface area contributed by atoms with Crippen molar-refractivity contribution in [1.82, 2.24) is 29.5 Å². The predicted molar refractivity (Wildman–Crippen MR) is 113 cm³/mol. The van der Waals surface area contributed by atoms with Crippen molar-refractivity contribution >= 4 is 16.8 Å². The van der Waals surface area contributed by atoms with Crippen LogP contribution in [0.3, 0.4) is 0 Å². The third-order valence-electron chi connectivity index (χ3n) is 6.51. The maximum Gasteiger partial charge on any atom is 0.222 e. The minimum absolute atomic E-state index is 0.0883. The van der Waals surface area contributed by atoms with E-state index in [2.05, 4.69) is 36.8 Å². The number of nitrogens with zero attached hydrogens (tertiary/aromatic N) is 5. The first kappa shape index (κ1) is 19.3. The van der Waals surface area contributed by atoms with E-state index < -0.39 is 0 Å². The number of H-pyrrole nitrogens is 1. The van der Waals surface area contributed by atoms with Crippen LogP contribution in [-0.4, -0.2) is 73.3 Å². The number of amides is 1. The number of fused-ring (bicyclic) bond motifs is 2. The third-order valence-corrected chi connectivity index (χ3v) is 6.51. The van der Waals surface area contributed by atoms with Gasteiger partial charge in [0.15, 0.2) is 5.82 Å². The van der Waals surface area contributed by atoms with Gasteiger partial charge in [-0.25, -0.2) is 0 Å². The summed E-state index contributed by atoms with van der Waals surface area (Å²) in [4.78, 5) is 20.3. The van der Waals surface area contributed by atoms with E-state index in [1.54, 1.807) is 0 Å². The maximum atomic E-state index is 12.9. The molecule has 5 rings (SSSR count). The summed E-state index contributed by atoms with van der Waals surface area (Å²) in [6.45, 7) is 2.71. The lowest BCUT2D eigenvalue weighted by Gasteiger charge is -2.21. The van der Waals surface area contributed by atoms with Crippen LogP contribution in [0, 0.1) is 0 Å². The quantitative estimate of drug-likeness (QED) is 0.683. The molecule has 1 fully saturated rings. The number of aliphatic hydroxyl groups is 1. The SMILES string of the molecule is CN1C[C@H](O)C[C@H]1c1nnc2n1CCN(C(=O)CCc1c[nH]c3ccccc13)CC2. The summed E-state index contributed by atoms with van der Waals surface area (Å²) in [7, 11) is 2.01. The van der Waals surface area contributed by atoms with E-state index >= 15 is 0 Å². The molecule has 0 aliphatic carbocycles. The van der Waals surface area contributed by atoms with Crippen LogP contribution >= 0.6 is 0 Å². The van der Waals surface area contributed by atoms with Gasteiger partial charge in [-0.1, -0.05) is 18.2 Å². The monoisotopic (exact) mass is 408 g/mol. The molecule has 0 radical (unpaired) electrons. The van der Waals surface area contributed by atoms with Gasteiger partial charge < -0.3 is 19.6 Å². The number of benzene rings is 1. The van der Waals surface area contributed by atoms with Crippen LogP contribution in [0.4, 0.5) is 0 Å². The Morgan fingerprint density at radius 2 is 2.10 bits per heavy atom. The fourth-order valence-corrected chi connectivity index (χ4v) is 4.85. The molecule has 4 heterocycles. The summed E-state index contributed by atoms with van der Waals surface area (Å²) in [5.41, 5.74) is 2.30. The van der Waals surface area contributed by atoms with E-state index in [1.807, 2.05) is 30.3 Å². The molecule has 8 heteroatoms. The molecule has 1 amide bonds. The molecule has 0 bridgehead atoms. The molecular weight excluding hydrogens is 380 g/mol. The first-order valence-corrected chi connectivity index (χ1v) is 10.7. The van der Waals surface area contributed by atoms with Crippen LogP contribution in [0.2, 0.25) is 0 Å². The van der Waals surface area contributed by atoms with Crippen molar-refractivity contribution in [2.75, 3.05) is 26.7 Å². The van der Waals surface area contributed by atoms with Gasteiger partial charge in [-0.3, -0.25) is 9.69 Å². The third kappa shape index (κ3) is 3.50. The van der Waals surface area contributed by atoms with Crippen molar-refractivity contribution in [3.8, 4) is 0 Å². The number of rotatable bonds is 4. The van der Waals surface area contributed by atoms with E-state index in [1.165, 1.54) is 10.9 Å². The van der Waals surface area contributed by atoms with E-state index in [-0.39, 0.29) is 18.1 Å². The molecule has 0 spiro atoms. The molecule has 3 aromatic rings. The van der Waals surface area contributed by atoms with Gasteiger partial charge in [0.25, 0.3) is 0 Å². The second kappa shape index (κ2) is 7.85. The first-order chi connectivity index (χ1) is 14.6. The summed E-state index contributed by atoms with van der Waals surface area (Å²) in [5, 5.41) is 20.0. The molecule has 158 valence electrons. The van der Waals surface area contributed by atoms with Crippen molar-refractivity contribution in [2.45, 2.75) is 44.4 Å². The lowest BCUT2D eigenvalue weighted by atomic mass is 10.1. The van der Waals surface area contributed by atoms with Gasteiger partial charge in [-0.15, -0.1) is 10.2 Å². The summed E-state index contributed by atoms with van der Waals surface area (Å²) in [6.07, 6.45) is 4.34. The number of nitrogens with one attached hydrogen (secondary N) is 1. The molecule has 2 aliphatic rings. The second-order valence-corrected chi connectivity index (χ2v) is 8.46. The highest BCUT2D eigenvalue weighted by Crippen LogP contribution is 2.30. The van der Waals surface area contributed by atoms with Crippen LogP contribution in [-0.2, 0) is 24.2 Å². The molecule has 2 N–H and O–H groups in total. The van der Waals surface area contributed by atoms with Crippen molar-refractivity contribution in [3.63, 3.8) is 0 Å². The topological polar surface area (TPSA) is 90.3 Å². The number of aromatic amines is 1. The predicted octanol–water partition coefficient (Wildman–Crippen LogP) is 1.51. The van der Waals surface area contributed by atoms with Crippen molar-refractivity contribution in [3.05, 3.63) is 47.7 Å². The molecule has 2 aromatic heterocycles. The van der Waals surface area contributed by atoms with E-state index in [0.29, 0.717) is 45.4 Å². The Labute approximate surface area is 175 Å². The van der Waals surface area contributed by atoms with Crippen LogP contribution in [0.1, 0.15) is 36.1 Å². The fourth-order valence-electron chi connectivity index (χ4n) is 4.85. The molecule has 2 aliphatic heterocycles. The molecule has 1 aromatic carbocycles. The minimum Gasteiger partial charge on any atom is -0.392 e. The van der Waals surface area contributed by atoms with Gasteiger partial charge in [0.1, 0.15) is 5.82 Å². The Morgan fingerprint density at radius 3 is 2.93 bits per heavy atom. The standard InChI is InChI=1S/C22H28N6O2/c1-26-14-16(29)12-19(26)22-25-24-20-8-9-27(10-11-28(20)22)21(30)7-6-15-13-23-18-5-3-2-4-17(15)18/h2-5,13,16,19,23,29H,6-12,14H2,1H3/t16-,19+/m1/s1. The number of hydrogen-bond acceptors (Lipinski definition) is 5. The van der Waals surface area contributed by atoms with Crippen LogP contribution in [0.5, 0.6) is 0 Å². The fraction of sp³-hybridized carbons (Fsp3) is 0.500. The number of aromatic nitrogens is 4. The number of hydrogen-bond donors (Lipinski definition) is 2. The number of para-hydroxylation sites is 1. The number of aryl methyl sites for hydroxylation is 1. The molecule has 8 nitrogen and oxygen atoms in total. The molecular formula is C22H28N6O2. The highest BCUT2D eigenvalue weighted by molar-refractivity contribution is 5.84. The number of aliphatic hydroxyl groups excluding tert-OH is 1. The number of likely N-dealkylation sites (N-methyl/N-ethyl adjacent to an activating group) is 1. The average molecular weight is 409 g/mol. The number of likely N-dealkylation sites (tertiary alicyclic amines) is 1. The second-order valence-electron chi connectivity index (χ2n) is 8.46. The van der Waals surface area contributed by atoms with Gasteiger partial charge in [-0.05, 0) is 31.5 Å². The van der Waals surface area contributed by atoms with Crippen LogP contribution in [0.15, 0.2) is 30.5 Å². The van der Waals surface area contributed by atoms with Crippen molar-refractivity contribution in [2.24, 2.45) is 0 Å². The van der Waals surface area contributed by atoms with Crippen LogP contribution < -0.4 is 0 Å². The Morgan fingerprint density at radius 1 is 1.23 bits per heavy atom. The summed E-state index contributed by atoms with van der Waals surface area (Å²) < 4.78 is 2.16. The van der Waals surface area contributed by atoms with Gasteiger partial charge in [-0.2, -0.15) is 0 Å². The van der Waals surface area contributed by atoms with E-state index in [4.69, 9.17) is 0 Å². The van der Waals surface area contributed by atoms with E-state index in [9.17, 15) is 9.90 Å². The Hall–Kier alpha value is -2.71. The summed E-state index contributed by atoms with van der Waals surface area (Å²) in [6, 6.07) is 8.29.